The fourth-order valence-corrected chi connectivity index (χ4v) is 5.74. The third-order valence-corrected chi connectivity index (χ3v) is 7.37. The van der Waals surface area contributed by atoms with Crippen molar-refractivity contribution in [2.45, 2.75) is 71.4 Å². The van der Waals surface area contributed by atoms with E-state index in [2.05, 4.69) is 44.3 Å². The molecule has 1 aromatic rings. The number of rotatable bonds is 4. The number of carbonyl (C=O) groups is 1. The van der Waals surface area contributed by atoms with Crippen LogP contribution in [0.5, 0.6) is 5.75 Å². The number of nitrogens with one attached hydrogen (secondary N) is 1. The quantitative estimate of drug-likeness (QED) is 0.681. The minimum atomic E-state index is -0.336. The number of amides is 1. The zero-order valence-corrected chi connectivity index (χ0v) is 18.0. The largest absolute Gasteiger partial charge is 0.412 e. The Kier molecular flexibility index (Phi) is 6.29. The van der Waals surface area contributed by atoms with E-state index >= 15 is 0 Å². The molecule has 1 aliphatic heterocycles. The monoisotopic (exact) mass is 397 g/mol. The summed E-state index contributed by atoms with van der Waals surface area (Å²) in [4.78, 5) is 12.1. The van der Waals surface area contributed by atoms with Gasteiger partial charge >= 0.3 is 6.09 Å². The molecule has 1 aromatic carbocycles. The Hall–Kier alpha value is -1.81. The van der Waals surface area contributed by atoms with Crippen molar-refractivity contribution in [3.63, 3.8) is 0 Å². The van der Waals surface area contributed by atoms with E-state index < -0.39 is 0 Å². The number of hydrogen-bond donors (Lipinski definition) is 1. The summed E-state index contributed by atoms with van der Waals surface area (Å²) in [5.41, 5.74) is 2.71. The van der Waals surface area contributed by atoms with Gasteiger partial charge in [0.1, 0.15) is 5.75 Å². The highest BCUT2D eigenvalue weighted by Gasteiger charge is 2.43. The molecule has 2 aliphatic carbocycles. The molecule has 4 heteroatoms. The van der Waals surface area contributed by atoms with Crippen molar-refractivity contribution in [3.05, 3.63) is 41.5 Å². The van der Waals surface area contributed by atoms with Crippen LogP contribution in [0.4, 0.5) is 4.79 Å². The highest BCUT2D eigenvalue weighted by molar-refractivity contribution is 5.70. The molecule has 1 amide bonds. The summed E-state index contributed by atoms with van der Waals surface area (Å²) in [5, 5.41) is 3.00. The van der Waals surface area contributed by atoms with Crippen LogP contribution in [-0.4, -0.2) is 24.8 Å². The molecule has 0 spiro atoms. The van der Waals surface area contributed by atoms with E-state index in [1.807, 2.05) is 12.1 Å². The van der Waals surface area contributed by atoms with E-state index in [-0.39, 0.29) is 18.2 Å². The molecule has 4 nitrogen and oxygen atoms in total. The number of ether oxygens (including phenoxy) is 2. The summed E-state index contributed by atoms with van der Waals surface area (Å²) in [6, 6.07) is 8.19. The van der Waals surface area contributed by atoms with E-state index in [9.17, 15) is 4.79 Å². The number of hydrogen-bond acceptors (Lipinski definition) is 3. The van der Waals surface area contributed by atoms with Crippen LogP contribution < -0.4 is 10.1 Å². The van der Waals surface area contributed by atoms with Gasteiger partial charge in [-0.3, -0.25) is 0 Å². The Morgan fingerprint density at radius 2 is 1.86 bits per heavy atom. The van der Waals surface area contributed by atoms with Gasteiger partial charge in [-0.25, -0.2) is 4.79 Å². The Bertz CT molecular complexity index is 735. The van der Waals surface area contributed by atoms with Gasteiger partial charge in [0.2, 0.25) is 0 Å². The first-order valence-electron chi connectivity index (χ1n) is 11.4. The molecule has 29 heavy (non-hydrogen) atoms. The van der Waals surface area contributed by atoms with Crippen LogP contribution in [-0.2, 0) is 11.2 Å². The van der Waals surface area contributed by atoms with E-state index in [0.29, 0.717) is 29.4 Å². The number of benzene rings is 1. The minimum Gasteiger partial charge on any atom is -0.410 e. The summed E-state index contributed by atoms with van der Waals surface area (Å²) in [5.74, 6) is 3.02. The predicted octanol–water partition coefficient (Wildman–Crippen LogP) is 5.51. The zero-order chi connectivity index (χ0) is 20.4. The van der Waals surface area contributed by atoms with Crippen LogP contribution in [0, 0.1) is 23.7 Å². The highest BCUT2D eigenvalue weighted by Crippen LogP contribution is 2.45. The van der Waals surface area contributed by atoms with Gasteiger partial charge in [-0.2, -0.15) is 0 Å². The van der Waals surface area contributed by atoms with Crippen LogP contribution in [0.2, 0.25) is 0 Å². The standard InChI is InChI=1S/C25H35NO3/c1-16-13-17(2)24-18(3)22(16)15-28-23(24)14-19-9-11-21(12-10-19)29-25(27)26-20-7-5-4-6-8-20/h9-13,16,18,20,22-24H,4-8,14-15H2,1-3H3,(H,26,27)/t16-,18+,22-,23+,24+/m0/s1. The maximum absolute atomic E-state index is 12.1. The average Bonchev–Trinajstić information content (AvgIpc) is 2.69. The van der Waals surface area contributed by atoms with Gasteiger partial charge in [-0.15, -0.1) is 0 Å². The topological polar surface area (TPSA) is 47.6 Å². The predicted molar refractivity (Wildman–Crippen MR) is 115 cm³/mol. The molecule has 158 valence electrons. The lowest BCUT2D eigenvalue weighted by Crippen LogP contribution is -2.47. The maximum atomic E-state index is 12.1. The third-order valence-electron chi connectivity index (χ3n) is 7.37. The second-order valence-electron chi connectivity index (χ2n) is 9.41. The van der Waals surface area contributed by atoms with Crippen LogP contribution in [0.25, 0.3) is 0 Å². The van der Waals surface area contributed by atoms with Crippen LogP contribution in [0.15, 0.2) is 35.9 Å². The molecule has 0 radical (unpaired) electrons. The Labute approximate surface area is 175 Å². The molecule has 5 atom stereocenters. The number of fused-ring (bicyclic) bond motifs is 2. The van der Waals surface area contributed by atoms with Crippen LogP contribution >= 0.6 is 0 Å². The SMILES string of the molecule is CC1=C[C@H](C)[C@@H]2CO[C@H](Cc3ccc(OC(=O)NC4CCCCC4)cc3)[C@H]1[C@@H]2C. The van der Waals surface area contributed by atoms with Gasteiger partial charge in [0, 0.05) is 12.0 Å². The minimum absolute atomic E-state index is 0.228. The van der Waals surface area contributed by atoms with E-state index in [0.717, 1.165) is 25.9 Å². The molecular formula is C25H35NO3. The summed E-state index contributed by atoms with van der Waals surface area (Å²) in [6.07, 6.45) is 9.01. The summed E-state index contributed by atoms with van der Waals surface area (Å²) in [7, 11) is 0. The third kappa shape index (κ3) is 4.69. The second kappa shape index (κ2) is 8.91. The zero-order valence-electron chi connectivity index (χ0n) is 18.0. The smallest absolute Gasteiger partial charge is 0.410 e. The number of allylic oxidation sites excluding steroid dienone is 1. The highest BCUT2D eigenvalue weighted by atomic mass is 16.6. The molecule has 3 aliphatic rings. The van der Waals surface area contributed by atoms with Crippen molar-refractivity contribution in [2.24, 2.45) is 23.7 Å². The first-order valence-corrected chi connectivity index (χ1v) is 11.4. The lowest BCUT2D eigenvalue weighted by Gasteiger charge is -2.47. The summed E-state index contributed by atoms with van der Waals surface area (Å²) < 4.78 is 11.8. The lowest BCUT2D eigenvalue weighted by molar-refractivity contribution is -0.0901. The first kappa shape index (κ1) is 20.5. The molecular weight excluding hydrogens is 362 g/mol. The fraction of sp³-hybridized carbons (Fsp3) is 0.640. The lowest BCUT2D eigenvalue weighted by atomic mass is 9.65. The van der Waals surface area contributed by atoms with Crippen molar-refractivity contribution >= 4 is 6.09 Å². The van der Waals surface area contributed by atoms with E-state index in [4.69, 9.17) is 9.47 Å². The number of carbonyl (C=O) groups excluding carboxylic acids is 1. The summed E-state index contributed by atoms with van der Waals surface area (Å²) in [6.45, 7) is 7.82. The van der Waals surface area contributed by atoms with Crippen LogP contribution in [0.1, 0.15) is 58.4 Å². The van der Waals surface area contributed by atoms with Crippen molar-refractivity contribution < 1.29 is 14.3 Å². The van der Waals surface area contributed by atoms with Crippen LogP contribution in [0.3, 0.4) is 0 Å². The summed E-state index contributed by atoms with van der Waals surface area (Å²) >= 11 is 0. The van der Waals surface area contributed by atoms with Gasteiger partial charge in [0.05, 0.1) is 12.7 Å². The van der Waals surface area contributed by atoms with Gasteiger partial charge < -0.3 is 14.8 Å². The van der Waals surface area contributed by atoms with E-state index in [1.165, 1.54) is 30.4 Å². The van der Waals surface area contributed by atoms with Crippen molar-refractivity contribution in [1.29, 1.82) is 0 Å². The van der Waals surface area contributed by atoms with E-state index in [1.54, 1.807) is 0 Å². The molecule has 1 heterocycles. The molecule has 1 N–H and O–H groups in total. The fourth-order valence-electron chi connectivity index (χ4n) is 5.74. The van der Waals surface area contributed by atoms with Gasteiger partial charge in [-0.1, -0.05) is 56.9 Å². The molecule has 2 fully saturated rings. The Morgan fingerprint density at radius 1 is 1.14 bits per heavy atom. The molecule has 0 aromatic heterocycles. The van der Waals surface area contributed by atoms with Crippen molar-refractivity contribution in [1.82, 2.24) is 5.32 Å². The Morgan fingerprint density at radius 3 is 2.59 bits per heavy atom. The molecule has 1 saturated carbocycles. The molecule has 0 unspecified atom stereocenters. The van der Waals surface area contributed by atoms with Crippen molar-refractivity contribution in [3.8, 4) is 5.75 Å². The average molecular weight is 398 g/mol. The molecule has 4 rings (SSSR count). The second-order valence-corrected chi connectivity index (χ2v) is 9.41. The first-order chi connectivity index (χ1) is 14.0. The maximum Gasteiger partial charge on any atom is 0.412 e. The molecule has 2 bridgehead atoms. The Balaban J connectivity index is 1.33. The molecule has 1 saturated heterocycles. The van der Waals surface area contributed by atoms with Gasteiger partial charge in [0.15, 0.2) is 0 Å². The van der Waals surface area contributed by atoms with Gasteiger partial charge in [0.25, 0.3) is 0 Å². The van der Waals surface area contributed by atoms with Crippen molar-refractivity contribution in [2.75, 3.05) is 6.61 Å². The van der Waals surface area contributed by atoms with Gasteiger partial charge in [-0.05, 0) is 61.6 Å². The normalized spacial score (nSPS) is 32.4.